The summed E-state index contributed by atoms with van der Waals surface area (Å²) in [6.45, 7) is 0.791. The number of carbonyl (C=O) groups is 1. The number of alkyl halides is 3. The molecule has 4 aromatic rings. The number of nitrogens with one attached hydrogen (secondary N) is 3. The van der Waals surface area contributed by atoms with E-state index in [4.69, 9.17) is 0 Å². The Hall–Kier alpha value is -4.47. The predicted molar refractivity (Wildman–Crippen MR) is 143 cm³/mol. The SMILES string of the molecule is O=C(NC(=NCCCc1cnc[nH]1)NCCC(c1cccc(C(F)(F)F)c1)c1ccccn1)c1ccccc1. The summed E-state index contributed by atoms with van der Waals surface area (Å²) >= 11 is 0. The lowest BCUT2D eigenvalue weighted by Gasteiger charge is -2.20. The lowest BCUT2D eigenvalue weighted by molar-refractivity contribution is -0.137. The molecule has 0 saturated heterocycles. The predicted octanol–water partition coefficient (Wildman–Crippen LogP) is 5.35. The first-order valence-electron chi connectivity index (χ1n) is 12.6. The topological polar surface area (TPSA) is 95.1 Å². The minimum atomic E-state index is -4.44. The molecule has 3 N–H and O–H groups in total. The van der Waals surface area contributed by atoms with E-state index in [1.165, 1.54) is 12.1 Å². The number of imidazole rings is 1. The quantitative estimate of drug-likeness (QED) is 0.145. The lowest BCUT2D eigenvalue weighted by Crippen LogP contribution is -2.42. The van der Waals surface area contributed by atoms with Gasteiger partial charge in [0.05, 0.1) is 11.9 Å². The van der Waals surface area contributed by atoms with Crippen molar-refractivity contribution >= 4 is 11.9 Å². The van der Waals surface area contributed by atoms with E-state index in [0.717, 1.165) is 24.6 Å². The Morgan fingerprint density at radius 1 is 1.03 bits per heavy atom. The normalized spacial score (nSPS) is 12.6. The van der Waals surface area contributed by atoms with Crippen LogP contribution in [0.3, 0.4) is 0 Å². The summed E-state index contributed by atoms with van der Waals surface area (Å²) in [7, 11) is 0. The molecule has 7 nitrogen and oxygen atoms in total. The van der Waals surface area contributed by atoms with Crippen molar-refractivity contribution in [3.63, 3.8) is 0 Å². The van der Waals surface area contributed by atoms with Crippen LogP contribution in [0.2, 0.25) is 0 Å². The zero-order chi connectivity index (χ0) is 27.5. The Morgan fingerprint density at radius 2 is 1.85 bits per heavy atom. The van der Waals surface area contributed by atoms with E-state index in [9.17, 15) is 18.0 Å². The van der Waals surface area contributed by atoms with Crippen molar-refractivity contribution in [2.45, 2.75) is 31.4 Å². The zero-order valence-electron chi connectivity index (χ0n) is 21.2. The van der Waals surface area contributed by atoms with Crippen LogP contribution in [0, 0.1) is 0 Å². The second-order valence-corrected chi connectivity index (χ2v) is 8.88. The van der Waals surface area contributed by atoms with Crippen molar-refractivity contribution in [1.29, 1.82) is 0 Å². The third-order valence-corrected chi connectivity index (χ3v) is 6.08. The molecule has 10 heteroatoms. The molecule has 2 heterocycles. The van der Waals surface area contributed by atoms with Crippen LogP contribution < -0.4 is 10.6 Å². The van der Waals surface area contributed by atoms with Gasteiger partial charge in [-0.15, -0.1) is 0 Å². The molecule has 1 atom stereocenters. The summed E-state index contributed by atoms with van der Waals surface area (Å²) in [5.74, 6) is -0.403. The summed E-state index contributed by atoms with van der Waals surface area (Å²) in [5, 5.41) is 6.00. The number of hydrogen-bond donors (Lipinski definition) is 3. The number of amides is 1. The molecule has 0 aliphatic rings. The van der Waals surface area contributed by atoms with Crippen molar-refractivity contribution in [2.75, 3.05) is 13.1 Å². The van der Waals surface area contributed by atoms with Crippen LogP contribution in [0.5, 0.6) is 0 Å². The largest absolute Gasteiger partial charge is 0.416 e. The summed E-state index contributed by atoms with van der Waals surface area (Å²) < 4.78 is 40.2. The number of aryl methyl sites for hydroxylation is 1. The molecule has 39 heavy (non-hydrogen) atoms. The standard InChI is InChI=1S/C29H29F3N6O/c30-29(31,32)23-11-6-10-22(18-23)25(26-13-4-5-15-34-26)14-17-36-28(35-16-7-12-24-19-33-20-37-24)38-27(39)21-8-2-1-3-9-21/h1-6,8-11,13,15,18-20,25H,7,12,14,16-17H2,(H,33,37)(H2,35,36,38,39). The number of rotatable bonds is 10. The number of aromatic amines is 1. The molecule has 1 amide bonds. The number of nitrogens with zero attached hydrogens (tertiary/aromatic N) is 3. The molecule has 2 aromatic carbocycles. The third kappa shape index (κ3) is 8.26. The van der Waals surface area contributed by atoms with Crippen LogP contribution in [0.25, 0.3) is 0 Å². The van der Waals surface area contributed by atoms with Crippen molar-refractivity contribution in [3.05, 3.63) is 120 Å². The fourth-order valence-corrected chi connectivity index (χ4v) is 4.12. The zero-order valence-corrected chi connectivity index (χ0v) is 21.2. The molecule has 0 bridgehead atoms. The number of aromatic nitrogens is 3. The van der Waals surface area contributed by atoms with Gasteiger partial charge < -0.3 is 10.3 Å². The van der Waals surface area contributed by atoms with Crippen LogP contribution >= 0.6 is 0 Å². The van der Waals surface area contributed by atoms with Gasteiger partial charge in [-0.1, -0.05) is 42.5 Å². The van der Waals surface area contributed by atoms with Crippen molar-refractivity contribution in [2.24, 2.45) is 4.99 Å². The van der Waals surface area contributed by atoms with Gasteiger partial charge in [-0.25, -0.2) is 4.98 Å². The Bertz CT molecular complexity index is 1340. The lowest BCUT2D eigenvalue weighted by atomic mass is 9.90. The molecule has 0 aliphatic heterocycles. The number of pyridine rings is 1. The van der Waals surface area contributed by atoms with Crippen LogP contribution in [-0.2, 0) is 12.6 Å². The number of hydrogen-bond acceptors (Lipinski definition) is 4. The monoisotopic (exact) mass is 534 g/mol. The summed E-state index contributed by atoms with van der Waals surface area (Å²) in [5.41, 5.74) is 1.94. The van der Waals surface area contributed by atoms with Gasteiger partial charge in [-0.3, -0.25) is 20.1 Å². The number of benzene rings is 2. The van der Waals surface area contributed by atoms with E-state index in [1.807, 2.05) is 12.1 Å². The van der Waals surface area contributed by atoms with Crippen LogP contribution in [0.4, 0.5) is 13.2 Å². The van der Waals surface area contributed by atoms with Crippen molar-refractivity contribution < 1.29 is 18.0 Å². The molecule has 0 spiro atoms. The second-order valence-electron chi connectivity index (χ2n) is 8.88. The maximum absolute atomic E-state index is 13.4. The van der Waals surface area contributed by atoms with Gasteiger partial charge in [0.15, 0.2) is 5.96 Å². The number of carbonyl (C=O) groups excluding carboxylic acids is 1. The van der Waals surface area contributed by atoms with E-state index < -0.39 is 17.7 Å². The summed E-state index contributed by atoms with van der Waals surface area (Å²) in [4.78, 5) is 28.8. The molecule has 0 fully saturated rings. The smallest absolute Gasteiger partial charge is 0.356 e. The number of guanidine groups is 1. The molecular formula is C29H29F3N6O. The maximum Gasteiger partial charge on any atom is 0.416 e. The van der Waals surface area contributed by atoms with Crippen molar-refractivity contribution in [3.8, 4) is 0 Å². The fourth-order valence-electron chi connectivity index (χ4n) is 4.12. The van der Waals surface area contributed by atoms with Crippen LogP contribution in [-0.4, -0.2) is 39.9 Å². The average molecular weight is 535 g/mol. The summed E-state index contributed by atoms with van der Waals surface area (Å²) in [6, 6.07) is 19.5. The van der Waals surface area contributed by atoms with Crippen LogP contribution in [0.1, 0.15) is 51.6 Å². The minimum absolute atomic E-state index is 0.303. The van der Waals surface area contributed by atoms with Gasteiger partial charge in [-0.05, 0) is 55.2 Å². The maximum atomic E-state index is 13.4. The summed E-state index contributed by atoms with van der Waals surface area (Å²) in [6.07, 6.45) is 2.46. The highest BCUT2D eigenvalue weighted by Gasteiger charge is 2.31. The molecule has 1 unspecified atom stereocenters. The highest BCUT2D eigenvalue weighted by molar-refractivity contribution is 6.05. The highest BCUT2D eigenvalue weighted by Crippen LogP contribution is 2.33. The molecule has 202 valence electrons. The third-order valence-electron chi connectivity index (χ3n) is 6.08. The van der Waals surface area contributed by atoms with E-state index in [1.54, 1.807) is 61.2 Å². The number of aliphatic imine (C=N–C) groups is 1. The van der Waals surface area contributed by atoms with Gasteiger partial charge in [0.25, 0.3) is 5.91 Å². The Balaban J connectivity index is 1.47. The van der Waals surface area contributed by atoms with Crippen LogP contribution in [0.15, 0.2) is 96.5 Å². The molecule has 0 radical (unpaired) electrons. The Morgan fingerprint density at radius 3 is 2.56 bits per heavy atom. The Labute approximate surface area is 224 Å². The van der Waals surface area contributed by atoms with Gasteiger partial charge in [0.2, 0.25) is 0 Å². The molecule has 0 aliphatic carbocycles. The minimum Gasteiger partial charge on any atom is -0.356 e. The molecule has 0 saturated carbocycles. The van der Waals surface area contributed by atoms with Gasteiger partial charge in [0, 0.05) is 48.4 Å². The van der Waals surface area contributed by atoms with Gasteiger partial charge >= 0.3 is 6.18 Å². The van der Waals surface area contributed by atoms with E-state index in [2.05, 4.69) is 30.6 Å². The highest BCUT2D eigenvalue weighted by atomic mass is 19.4. The molecule has 2 aromatic heterocycles. The number of H-pyrrole nitrogens is 1. The second kappa shape index (κ2) is 13.4. The molecular weight excluding hydrogens is 505 g/mol. The first-order valence-corrected chi connectivity index (χ1v) is 12.6. The first kappa shape index (κ1) is 27.6. The fraction of sp³-hybridized carbons (Fsp3) is 0.241. The van der Waals surface area contributed by atoms with E-state index in [0.29, 0.717) is 42.3 Å². The van der Waals surface area contributed by atoms with Gasteiger partial charge in [0.1, 0.15) is 0 Å². The Kier molecular flexibility index (Phi) is 9.44. The van der Waals surface area contributed by atoms with Gasteiger partial charge in [-0.2, -0.15) is 13.2 Å². The van der Waals surface area contributed by atoms with E-state index >= 15 is 0 Å². The van der Waals surface area contributed by atoms with E-state index in [-0.39, 0.29) is 5.91 Å². The average Bonchev–Trinajstić information content (AvgIpc) is 3.47. The molecule has 4 rings (SSSR count). The first-order chi connectivity index (χ1) is 18.9. The van der Waals surface area contributed by atoms with Crippen molar-refractivity contribution in [1.82, 2.24) is 25.6 Å². The number of halogens is 3.